The number of pyridine rings is 1. The second-order valence-electron chi connectivity index (χ2n) is 8.54. The summed E-state index contributed by atoms with van der Waals surface area (Å²) in [5, 5.41) is 7.37. The molecule has 0 saturated carbocycles. The van der Waals surface area contributed by atoms with Crippen molar-refractivity contribution in [2.75, 3.05) is 24.5 Å². The number of aromatic nitrogens is 4. The minimum atomic E-state index is -0.822. The number of carbonyl (C=O) groups is 1. The van der Waals surface area contributed by atoms with E-state index >= 15 is 0 Å². The van der Waals surface area contributed by atoms with Crippen molar-refractivity contribution < 1.29 is 9.18 Å². The summed E-state index contributed by atoms with van der Waals surface area (Å²) in [7, 11) is 1.92. The first-order valence-electron chi connectivity index (χ1n) is 11.2. The van der Waals surface area contributed by atoms with Crippen LogP contribution in [0.4, 0.5) is 10.2 Å². The maximum Gasteiger partial charge on any atom is 0.268 e. The Labute approximate surface area is 196 Å². The number of nitrogens with one attached hydrogen (secondary N) is 1. The lowest BCUT2D eigenvalue weighted by molar-refractivity contribution is 0.0942. The van der Waals surface area contributed by atoms with Gasteiger partial charge in [0, 0.05) is 55.2 Å². The summed E-state index contributed by atoms with van der Waals surface area (Å²) in [5.41, 5.74) is 3.76. The molecule has 0 bridgehead atoms. The summed E-state index contributed by atoms with van der Waals surface area (Å²) in [6.45, 7) is 5.96. The lowest BCUT2D eigenvalue weighted by Crippen LogP contribution is -2.28. The highest BCUT2D eigenvalue weighted by molar-refractivity contribution is 7.97. The molecule has 3 aromatic heterocycles. The maximum atomic E-state index is 13.7. The number of carbonyl (C=O) groups excluding carboxylic acids is 1. The third-order valence-corrected chi connectivity index (χ3v) is 7.57. The highest BCUT2D eigenvalue weighted by Crippen LogP contribution is 2.31. The lowest BCUT2D eigenvalue weighted by atomic mass is 10.2. The molecule has 0 aliphatic carbocycles. The van der Waals surface area contributed by atoms with Crippen LogP contribution >= 0.6 is 11.9 Å². The average Bonchev–Trinajstić information content (AvgIpc) is 3.53. The zero-order valence-corrected chi connectivity index (χ0v) is 19.7. The molecule has 33 heavy (non-hydrogen) atoms. The highest BCUT2D eigenvalue weighted by atomic mass is 32.2. The molecule has 1 amide bonds. The van der Waals surface area contributed by atoms with Crippen molar-refractivity contribution in [2.45, 2.75) is 44.0 Å². The van der Waals surface area contributed by atoms with E-state index in [0.29, 0.717) is 31.7 Å². The quantitative estimate of drug-likeness (QED) is 0.560. The molecular weight excluding hydrogens is 441 g/mol. The topological polar surface area (TPSA) is 71.2 Å². The molecule has 1 atom stereocenters. The fraction of sp³-hybridized carbons (Fsp3) is 0.435. The minimum absolute atomic E-state index is 0.135. The Balaban J connectivity index is 1.26. The zero-order chi connectivity index (χ0) is 22.9. The van der Waals surface area contributed by atoms with Gasteiger partial charge >= 0.3 is 0 Å². The van der Waals surface area contributed by atoms with Crippen molar-refractivity contribution in [3.05, 3.63) is 59.3 Å². The summed E-state index contributed by atoms with van der Waals surface area (Å²) in [6.07, 6.45) is 3.25. The van der Waals surface area contributed by atoms with Gasteiger partial charge in [0.1, 0.15) is 17.7 Å². The van der Waals surface area contributed by atoms with Gasteiger partial charge in [-0.25, -0.2) is 13.7 Å². The predicted octanol–water partition coefficient (Wildman–Crippen LogP) is 2.93. The lowest BCUT2D eigenvalue weighted by Gasteiger charge is -2.26. The van der Waals surface area contributed by atoms with Crippen LogP contribution in [0.3, 0.4) is 0 Å². The first-order valence-corrected chi connectivity index (χ1v) is 12.0. The van der Waals surface area contributed by atoms with Gasteiger partial charge in [0.15, 0.2) is 0 Å². The van der Waals surface area contributed by atoms with E-state index in [2.05, 4.69) is 19.7 Å². The van der Waals surface area contributed by atoms with Crippen LogP contribution in [-0.2, 0) is 26.7 Å². The number of fused-ring (bicyclic) bond motifs is 1. The van der Waals surface area contributed by atoms with Crippen molar-refractivity contribution in [1.29, 1.82) is 0 Å². The van der Waals surface area contributed by atoms with E-state index in [1.807, 2.05) is 58.6 Å². The van der Waals surface area contributed by atoms with Crippen LogP contribution in [0.25, 0.3) is 0 Å². The van der Waals surface area contributed by atoms with E-state index in [-0.39, 0.29) is 5.91 Å². The number of nitrogens with zero attached hydrogens (tertiary/aromatic N) is 6. The van der Waals surface area contributed by atoms with Crippen LogP contribution in [-0.4, -0.2) is 55.3 Å². The van der Waals surface area contributed by atoms with Gasteiger partial charge in [-0.1, -0.05) is 6.07 Å². The van der Waals surface area contributed by atoms with Gasteiger partial charge in [0.2, 0.25) is 0 Å². The molecule has 2 aliphatic heterocycles. The second kappa shape index (κ2) is 9.18. The van der Waals surface area contributed by atoms with Gasteiger partial charge in [0.25, 0.3) is 5.91 Å². The van der Waals surface area contributed by atoms with Crippen LogP contribution in [0.1, 0.15) is 33.9 Å². The van der Waals surface area contributed by atoms with Crippen molar-refractivity contribution in [2.24, 2.45) is 7.05 Å². The van der Waals surface area contributed by atoms with Crippen molar-refractivity contribution in [3.63, 3.8) is 0 Å². The maximum absolute atomic E-state index is 13.7. The summed E-state index contributed by atoms with van der Waals surface area (Å²) in [4.78, 5) is 20.5. The molecule has 174 valence electrons. The van der Waals surface area contributed by atoms with E-state index in [4.69, 9.17) is 0 Å². The fourth-order valence-electron chi connectivity index (χ4n) is 4.39. The van der Waals surface area contributed by atoms with E-state index in [1.54, 1.807) is 18.1 Å². The smallest absolute Gasteiger partial charge is 0.268 e. The van der Waals surface area contributed by atoms with Crippen molar-refractivity contribution >= 4 is 23.7 Å². The fourth-order valence-corrected chi connectivity index (χ4v) is 5.47. The van der Waals surface area contributed by atoms with Crippen LogP contribution in [0.15, 0.2) is 41.6 Å². The van der Waals surface area contributed by atoms with E-state index in [0.717, 1.165) is 41.6 Å². The van der Waals surface area contributed by atoms with Gasteiger partial charge < -0.3 is 14.8 Å². The molecule has 2 aliphatic rings. The molecule has 5 heterocycles. The molecule has 10 heteroatoms. The third kappa shape index (κ3) is 4.49. The molecular formula is C23H28FN7OS. The summed E-state index contributed by atoms with van der Waals surface area (Å²) >= 11 is 1.68. The number of alkyl halides is 1. The number of rotatable bonds is 6. The molecule has 5 rings (SSSR count). The summed E-state index contributed by atoms with van der Waals surface area (Å²) < 4.78 is 20.0. The van der Waals surface area contributed by atoms with E-state index < -0.39 is 6.17 Å². The SMILES string of the molecule is Cc1c(SN2CCn3nccc3C2)cc(C(=O)NCc2cccnc2N2CCC(F)C2)n1C. The Hall–Kier alpha value is -2.85. The van der Waals surface area contributed by atoms with Crippen molar-refractivity contribution in [1.82, 2.24) is 29.0 Å². The van der Waals surface area contributed by atoms with E-state index in [9.17, 15) is 9.18 Å². The van der Waals surface area contributed by atoms with Crippen LogP contribution in [0.5, 0.6) is 0 Å². The van der Waals surface area contributed by atoms with Gasteiger partial charge in [-0.05, 0) is 43.5 Å². The third-order valence-electron chi connectivity index (χ3n) is 6.39. The predicted molar refractivity (Wildman–Crippen MR) is 126 cm³/mol. The standard InChI is InChI=1S/C23H28FN7OS/c1-16-21(33-30-10-11-31-19(15-30)5-8-27-31)12-20(28(16)2)23(32)26-13-17-4-3-7-25-22(17)29-9-6-18(24)14-29/h3-5,7-8,12,18H,6,9-11,13-15H2,1-2H3,(H,26,32). The molecule has 1 unspecified atom stereocenters. The normalized spacial score (nSPS) is 18.5. The molecule has 1 N–H and O–H groups in total. The highest BCUT2D eigenvalue weighted by Gasteiger charge is 2.25. The molecule has 3 aromatic rings. The van der Waals surface area contributed by atoms with Gasteiger partial charge in [0.05, 0.1) is 25.3 Å². The molecule has 1 saturated heterocycles. The molecule has 0 radical (unpaired) electrons. The number of amides is 1. The Bertz CT molecular complexity index is 1160. The number of hydrogen-bond acceptors (Lipinski definition) is 6. The van der Waals surface area contributed by atoms with Gasteiger partial charge in [-0.3, -0.25) is 9.48 Å². The summed E-state index contributed by atoms with van der Waals surface area (Å²) in [6, 6.07) is 7.79. The Morgan fingerprint density at radius 2 is 2.15 bits per heavy atom. The Morgan fingerprint density at radius 1 is 1.27 bits per heavy atom. The van der Waals surface area contributed by atoms with Gasteiger partial charge in [-0.15, -0.1) is 0 Å². The van der Waals surface area contributed by atoms with E-state index in [1.165, 1.54) is 5.69 Å². The molecule has 0 spiro atoms. The number of hydrogen-bond donors (Lipinski definition) is 1. The van der Waals surface area contributed by atoms with Crippen LogP contribution in [0.2, 0.25) is 0 Å². The first-order chi connectivity index (χ1) is 16.0. The first kappa shape index (κ1) is 22.0. The molecule has 1 fully saturated rings. The van der Waals surface area contributed by atoms with Crippen molar-refractivity contribution in [3.8, 4) is 0 Å². The van der Waals surface area contributed by atoms with Crippen LogP contribution in [0, 0.1) is 6.92 Å². The minimum Gasteiger partial charge on any atom is -0.353 e. The zero-order valence-electron chi connectivity index (χ0n) is 18.9. The average molecular weight is 470 g/mol. The summed E-state index contributed by atoms with van der Waals surface area (Å²) in [5.74, 6) is 0.616. The van der Waals surface area contributed by atoms with Crippen LogP contribution < -0.4 is 10.2 Å². The largest absolute Gasteiger partial charge is 0.353 e. The number of halogens is 1. The Morgan fingerprint density at radius 3 is 2.97 bits per heavy atom. The van der Waals surface area contributed by atoms with Gasteiger partial charge in [-0.2, -0.15) is 5.10 Å². The second-order valence-corrected chi connectivity index (χ2v) is 9.68. The monoisotopic (exact) mass is 469 g/mol. The Kier molecular flexibility index (Phi) is 6.11. The molecule has 0 aromatic carbocycles. The number of anilines is 1. The molecule has 8 nitrogen and oxygen atoms in total.